The maximum absolute atomic E-state index is 12.0. The summed E-state index contributed by atoms with van der Waals surface area (Å²) in [6.45, 7) is 0. The van der Waals surface area contributed by atoms with Gasteiger partial charge in [0.15, 0.2) is 0 Å². The quantitative estimate of drug-likeness (QED) is 0.686. The molecule has 0 N–H and O–H groups in total. The Labute approximate surface area is 131 Å². The van der Waals surface area contributed by atoms with Crippen molar-refractivity contribution < 1.29 is 9.53 Å². The molecular weight excluding hydrogens is 296 g/mol. The van der Waals surface area contributed by atoms with E-state index in [4.69, 9.17) is 4.74 Å². The second-order valence-electron chi connectivity index (χ2n) is 5.42. The van der Waals surface area contributed by atoms with Gasteiger partial charge in [0.2, 0.25) is 0 Å². The molecule has 1 aromatic carbocycles. The standard InChI is InChI=1S/C17H14N2O2S/c1-21-17(20)16-14(10-7-8-10)15(19-22-16)12-4-2-6-13-11(12)5-3-9-18-13/h2-6,9-10H,7-8H2,1H3. The van der Waals surface area contributed by atoms with E-state index in [0.29, 0.717) is 10.8 Å². The molecule has 0 radical (unpaired) electrons. The topological polar surface area (TPSA) is 52.1 Å². The molecule has 110 valence electrons. The first-order chi connectivity index (χ1) is 10.8. The number of hydrogen-bond donors (Lipinski definition) is 0. The fraction of sp³-hybridized carbons (Fsp3) is 0.235. The lowest BCUT2D eigenvalue weighted by atomic mass is 9.99. The zero-order valence-electron chi connectivity index (χ0n) is 12.1. The number of esters is 1. The summed E-state index contributed by atoms with van der Waals surface area (Å²) in [7, 11) is 1.42. The van der Waals surface area contributed by atoms with Gasteiger partial charge in [-0.3, -0.25) is 4.98 Å². The molecular formula is C17H14N2O2S. The molecule has 1 fully saturated rings. The molecule has 4 nitrogen and oxygen atoms in total. The molecule has 1 aliphatic carbocycles. The van der Waals surface area contributed by atoms with Crippen LogP contribution in [0.3, 0.4) is 0 Å². The number of pyridine rings is 1. The van der Waals surface area contributed by atoms with Gasteiger partial charge >= 0.3 is 5.97 Å². The molecule has 5 heteroatoms. The molecule has 1 saturated carbocycles. The number of ether oxygens (including phenoxy) is 1. The summed E-state index contributed by atoms with van der Waals surface area (Å²) >= 11 is 1.24. The van der Waals surface area contributed by atoms with Crippen molar-refractivity contribution in [3.8, 4) is 11.3 Å². The van der Waals surface area contributed by atoms with Crippen molar-refractivity contribution in [3.63, 3.8) is 0 Å². The lowest BCUT2D eigenvalue weighted by Gasteiger charge is -2.07. The number of aromatic nitrogens is 2. The molecule has 0 unspecified atom stereocenters. The second kappa shape index (κ2) is 5.18. The summed E-state index contributed by atoms with van der Waals surface area (Å²) in [4.78, 5) is 17.0. The number of methoxy groups -OCH3 is 1. The predicted molar refractivity (Wildman–Crippen MR) is 86.2 cm³/mol. The van der Waals surface area contributed by atoms with Gasteiger partial charge in [0.1, 0.15) is 4.88 Å². The predicted octanol–water partition coefficient (Wildman–Crippen LogP) is 4.02. The minimum atomic E-state index is -0.288. The van der Waals surface area contributed by atoms with Gasteiger partial charge in [0, 0.05) is 22.7 Å². The summed E-state index contributed by atoms with van der Waals surface area (Å²) in [5.41, 5.74) is 3.94. The summed E-state index contributed by atoms with van der Waals surface area (Å²) in [5.74, 6) is 0.138. The number of rotatable bonds is 3. The van der Waals surface area contributed by atoms with Crippen molar-refractivity contribution >= 4 is 28.4 Å². The highest BCUT2D eigenvalue weighted by Crippen LogP contribution is 2.48. The third-order valence-electron chi connectivity index (χ3n) is 3.99. The van der Waals surface area contributed by atoms with Crippen molar-refractivity contribution in [1.29, 1.82) is 0 Å². The maximum Gasteiger partial charge on any atom is 0.349 e. The Balaban J connectivity index is 1.95. The minimum absolute atomic E-state index is 0.288. The van der Waals surface area contributed by atoms with E-state index in [1.165, 1.54) is 18.6 Å². The van der Waals surface area contributed by atoms with Crippen molar-refractivity contribution in [2.75, 3.05) is 7.11 Å². The lowest BCUT2D eigenvalue weighted by Crippen LogP contribution is -2.02. The zero-order valence-corrected chi connectivity index (χ0v) is 12.9. The third-order valence-corrected chi connectivity index (χ3v) is 4.83. The van der Waals surface area contributed by atoms with E-state index in [-0.39, 0.29) is 5.97 Å². The Morgan fingerprint density at radius 3 is 2.91 bits per heavy atom. The van der Waals surface area contributed by atoms with E-state index in [9.17, 15) is 4.79 Å². The second-order valence-corrected chi connectivity index (χ2v) is 6.19. The Bertz CT molecular complexity index is 863. The van der Waals surface area contributed by atoms with Gasteiger partial charge < -0.3 is 4.74 Å². The van der Waals surface area contributed by atoms with Crippen LogP contribution in [0, 0.1) is 0 Å². The molecule has 0 saturated heterocycles. The fourth-order valence-electron chi connectivity index (χ4n) is 2.79. The average Bonchev–Trinajstić information content (AvgIpc) is 3.32. The first-order valence-corrected chi connectivity index (χ1v) is 7.99. The molecule has 22 heavy (non-hydrogen) atoms. The summed E-state index contributed by atoms with van der Waals surface area (Å²) < 4.78 is 9.49. The molecule has 4 rings (SSSR count). The van der Waals surface area contributed by atoms with Gasteiger partial charge in [-0.15, -0.1) is 0 Å². The molecule has 0 atom stereocenters. The smallest absolute Gasteiger partial charge is 0.349 e. The Hall–Kier alpha value is -2.27. The Morgan fingerprint density at radius 2 is 2.14 bits per heavy atom. The SMILES string of the molecule is COC(=O)c1snc(-c2cccc3ncccc23)c1C1CC1. The summed E-state index contributed by atoms with van der Waals surface area (Å²) in [5, 5.41) is 1.06. The average molecular weight is 310 g/mol. The van der Waals surface area contributed by atoms with Crippen LogP contribution in [0.5, 0.6) is 0 Å². The normalized spacial score (nSPS) is 14.2. The molecule has 0 aliphatic heterocycles. The number of benzene rings is 1. The Kier molecular flexibility index (Phi) is 3.15. The van der Waals surface area contributed by atoms with Crippen LogP contribution < -0.4 is 0 Å². The van der Waals surface area contributed by atoms with Gasteiger partial charge in [-0.2, -0.15) is 4.37 Å². The number of fused-ring (bicyclic) bond motifs is 1. The van der Waals surface area contributed by atoms with E-state index in [1.54, 1.807) is 6.20 Å². The molecule has 0 spiro atoms. The van der Waals surface area contributed by atoms with Crippen LogP contribution in [0.25, 0.3) is 22.2 Å². The van der Waals surface area contributed by atoms with E-state index < -0.39 is 0 Å². The number of nitrogens with zero attached hydrogens (tertiary/aromatic N) is 2. The van der Waals surface area contributed by atoms with Crippen molar-refractivity contribution in [2.45, 2.75) is 18.8 Å². The first kappa shape index (κ1) is 13.4. The van der Waals surface area contributed by atoms with Crippen LogP contribution in [0.2, 0.25) is 0 Å². The van der Waals surface area contributed by atoms with Crippen molar-refractivity contribution in [2.24, 2.45) is 0 Å². The first-order valence-electron chi connectivity index (χ1n) is 7.21. The molecule has 0 bridgehead atoms. The number of hydrogen-bond acceptors (Lipinski definition) is 5. The highest BCUT2D eigenvalue weighted by Gasteiger charge is 2.34. The fourth-order valence-corrected chi connectivity index (χ4v) is 3.69. The molecule has 2 heterocycles. The van der Waals surface area contributed by atoms with E-state index in [0.717, 1.165) is 40.6 Å². The van der Waals surface area contributed by atoms with Crippen LogP contribution in [0.1, 0.15) is 34.0 Å². The lowest BCUT2D eigenvalue weighted by molar-refractivity contribution is 0.0605. The summed E-state index contributed by atoms with van der Waals surface area (Å²) in [6, 6.07) is 10.00. The summed E-state index contributed by atoms with van der Waals surface area (Å²) in [6.07, 6.45) is 4.01. The van der Waals surface area contributed by atoms with Crippen molar-refractivity contribution in [1.82, 2.24) is 9.36 Å². The third kappa shape index (κ3) is 2.09. The van der Waals surface area contributed by atoms with Crippen molar-refractivity contribution in [3.05, 3.63) is 47.0 Å². The van der Waals surface area contributed by atoms with Crippen LogP contribution >= 0.6 is 11.5 Å². The molecule has 3 aromatic rings. The van der Waals surface area contributed by atoms with Crippen LogP contribution in [-0.2, 0) is 4.74 Å². The van der Waals surface area contributed by atoms with Gasteiger partial charge in [-0.1, -0.05) is 18.2 Å². The van der Waals surface area contributed by atoms with Gasteiger partial charge in [-0.05, 0) is 42.4 Å². The zero-order chi connectivity index (χ0) is 15.1. The number of carbonyl (C=O) groups excluding carboxylic acids is 1. The minimum Gasteiger partial charge on any atom is -0.465 e. The van der Waals surface area contributed by atoms with Crippen LogP contribution in [0.15, 0.2) is 36.5 Å². The molecule has 1 aliphatic rings. The Morgan fingerprint density at radius 1 is 1.27 bits per heavy atom. The van der Waals surface area contributed by atoms with Crippen LogP contribution in [0.4, 0.5) is 0 Å². The van der Waals surface area contributed by atoms with Gasteiger partial charge in [0.05, 0.1) is 18.3 Å². The monoisotopic (exact) mass is 310 g/mol. The largest absolute Gasteiger partial charge is 0.465 e. The highest BCUT2D eigenvalue weighted by molar-refractivity contribution is 7.08. The van der Waals surface area contributed by atoms with Gasteiger partial charge in [0.25, 0.3) is 0 Å². The number of carbonyl (C=O) groups is 1. The maximum atomic E-state index is 12.0. The molecule has 2 aromatic heterocycles. The van der Waals surface area contributed by atoms with Gasteiger partial charge in [-0.25, -0.2) is 4.79 Å². The van der Waals surface area contributed by atoms with E-state index >= 15 is 0 Å². The highest BCUT2D eigenvalue weighted by atomic mass is 32.1. The van der Waals surface area contributed by atoms with Crippen LogP contribution in [-0.4, -0.2) is 22.4 Å². The van der Waals surface area contributed by atoms with E-state index in [1.807, 2.05) is 30.3 Å². The van der Waals surface area contributed by atoms with E-state index in [2.05, 4.69) is 9.36 Å². The molecule has 0 amide bonds.